The van der Waals surface area contributed by atoms with E-state index in [-0.39, 0.29) is 10.6 Å². The lowest BCUT2D eigenvalue weighted by Gasteiger charge is -2.36. The molecule has 1 saturated heterocycles. The van der Waals surface area contributed by atoms with Gasteiger partial charge in [-0.2, -0.15) is 0 Å². The molecule has 2 atom stereocenters. The summed E-state index contributed by atoms with van der Waals surface area (Å²) in [7, 11) is 1.70. The summed E-state index contributed by atoms with van der Waals surface area (Å²) >= 11 is 0. The summed E-state index contributed by atoms with van der Waals surface area (Å²) < 4.78 is 1.49. The van der Waals surface area contributed by atoms with Gasteiger partial charge in [-0.05, 0) is 24.8 Å². The van der Waals surface area contributed by atoms with Gasteiger partial charge in [0.2, 0.25) is 5.82 Å². The standard InChI is InChI=1S/C11H19N5O2/c1-8-3-4-15(6-9(8)5-12)11-10(16(17)18)7-14(2)13-11/h7-9H,3-6,12H2,1-2H3. The van der Waals surface area contributed by atoms with Crippen molar-refractivity contribution in [1.82, 2.24) is 9.78 Å². The molecule has 0 aromatic carbocycles. The zero-order chi connectivity index (χ0) is 13.3. The lowest BCUT2D eigenvalue weighted by molar-refractivity contribution is -0.384. The minimum Gasteiger partial charge on any atom is -0.349 e. The van der Waals surface area contributed by atoms with Crippen molar-refractivity contribution in [3.05, 3.63) is 16.3 Å². The van der Waals surface area contributed by atoms with Crippen molar-refractivity contribution in [2.24, 2.45) is 24.6 Å². The summed E-state index contributed by atoms with van der Waals surface area (Å²) in [6.07, 6.45) is 2.44. The molecule has 2 unspecified atom stereocenters. The molecule has 0 aliphatic carbocycles. The molecule has 7 heteroatoms. The summed E-state index contributed by atoms with van der Waals surface area (Å²) in [5, 5.41) is 15.2. The van der Waals surface area contributed by atoms with Crippen LogP contribution in [0.2, 0.25) is 0 Å². The highest BCUT2D eigenvalue weighted by atomic mass is 16.6. The second kappa shape index (κ2) is 4.93. The molecule has 1 fully saturated rings. The van der Waals surface area contributed by atoms with Crippen molar-refractivity contribution in [3.8, 4) is 0 Å². The van der Waals surface area contributed by atoms with Crippen LogP contribution in [0.3, 0.4) is 0 Å². The Morgan fingerprint density at radius 2 is 2.39 bits per heavy atom. The number of hydrogen-bond acceptors (Lipinski definition) is 5. The molecule has 2 N–H and O–H groups in total. The number of anilines is 1. The van der Waals surface area contributed by atoms with E-state index in [1.807, 2.05) is 4.90 Å². The maximum atomic E-state index is 11.0. The van der Waals surface area contributed by atoms with Gasteiger partial charge >= 0.3 is 5.69 Å². The molecule has 7 nitrogen and oxygen atoms in total. The highest BCUT2D eigenvalue weighted by Crippen LogP contribution is 2.31. The van der Waals surface area contributed by atoms with Crippen LogP contribution in [0.1, 0.15) is 13.3 Å². The number of rotatable bonds is 3. The van der Waals surface area contributed by atoms with Gasteiger partial charge in [0.05, 0.1) is 4.92 Å². The maximum Gasteiger partial charge on any atom is 0.330 e. The fourth-order valence-corrected chi connectivity index (χ4v) is 2.47. The minimum atomic E-state index is -0.377. The Morgan fingerprint density at radius 3 is 3.00 bits per heavy atom. The van der Waals surface area contributed by atoms with E-state index < -0.39 is 0 Å². The Kier molecular flexibility index (Phi) is 3.51. The molecule has 0 amide bonds. The Bertz CT molecular complexity index is 445. The van der Waals surface area contributed by atoms with E-state index in [9.17, 15) is 10.1 Å². The maximum absolute atomic E-state index is 11.0. The van der Waals surface area contributed by atoms with Crippen molar-refractivity contribution in [2.45, 2.75) is 13.3 Å². The van der Waals surface area contributed by atoms with E-state index in [0.717, 1.165) is 19.5 Å². The monoisotopic (exact) mass is 253 g/mol. The molecule has 0 radical (unpaired) electrons. The first-order valence-corrected chi connectivity index (χ1v) is 6.16. The second-order valence-corrected chi connectivity index (χ2v) is 4.98. The largest absolute Gasteiger partial charge is 0.349 e. The van der Waals surface area contributed by atoms with Crippen molar-refractivity contribution in [2.75, 3.05) is 24.5 Å². The topological polar surface area (TPSA) is 90.2 Å². The van der Waals surface area contributed by atoms with Crippen LogP contribution >= 0.6 is 0 Å². The van der Waals surface area contributed by atoms with Crippen LogP contribution in [0.25, 0.3) is 0 Å². The molecule has 2 heterocycles. The Labute approximate surface area is 106 Å². The Morgan fingerprint density at radius 1 is 1.67 bits per heavy atom. The molecule has 100 valence electrons. The normalized spacial score (nSPS) is 24.3. The lowest BCUT2D eigenvalue weighted by atomic mass is 9.87. The zero-order valence-corrected chi connectivity index (χ0v) is 10.7. The van der Waals surface area contributed by atoms with Crippen molar-refractivity contribution in [1.29, 1.82) is 0 Å². The van der Waals surface area contributed by atoms with Gasteiger partial charge in [0, 0.05) is 20.1 Å². The molecule has 18 heavy (non-hydrogen) atoms. The number of hydrogen-bond donors (Lipinski definition) is 1. The summed E-state index contributed by atoms with van der Waals surface area (Å²) in [6.45, 7) is 4.34. The van der Waals surface area contributed by atoms with Crippen LogP contribution in [0.4, 0.5) is 11.5 Å². The Hall–Kier alpha value is -1.63. The third kappa shape index (κ3) is 2.31. The van der Waals surface area contributed by atoms with Crippen LogP contribution in [-0.4, -0.2) is 34.3 Å². The van der Waals surface area contributed by atoms with Gasteiger partial charge in [-0.3, -0.25) is 14.8 Å². The predicted octanol–water partition coefficient (Wildman–Crippen LogP) is 0.749. The molecule has 0 bridgehead atoms. The van der Waals surface area contributed by atoms with Gasteiger partial charge in [-0.15, -0.1) is 5.10 Å². The van der Waals surface area contributed by atoms with Crippen LogP contribution < -0.4 is 10.6 Å². The summed E-state index contributed by atoms with van der Waals surface area (Å²) in [5.74, 6) is 1.40. The van der Waals surface area contributed by atoms with Gasteiger partial charge in [-0.1, -0.05) is 6.92 Å². The number of nitrogens with zero attached hydrogens (tertiary/aromatic N) is 4. The summed E-state index contributed by atoms with van der Waals surface area (Å²) in [6, 6.07) is 0. The molecule has 1 aliphatic heterocycles. The average Bonchev–Trinajstić information content (AvgIpc) is 2.72. The smallest absolute Gasteiger partial charge is 0.330 e. The second-order valence-electron chi connectivity index (χ2n) is 4.98. The van der Waals surface area contributed by atoms with Crippen LogP contribution in [0, 0.1) is 22.0 Å². The molecule has 1 aliphatic rings. The molecule has 0 saturated carbocycles. The number of nitrogens with two attached hydrogens (primary N) is 1. The fraction of sp³-hybridized carbons (Fsp3) is 0.727. The first-order chi connectivity index (χ1) is 8.52. The molecule has 1 aromatic rings. The van der Waals surface area contributed by atoms with Gasteiger partial charge in [-0.25, -0.2) is 0 Å². The van der Waals surface area contributed by atoms with Gasteiger partial charge < -0.3 is 10.6 Å². The number of aromatic nitrogens is 2. The minimum absolute atomic E-state index is 0.0721. The first-order valence-electron chi connectivity index (χ1n) is 6.16. The van der Waals surface area contributed by atoms with E-state index in [1.165, 1.54) is 10.9 Å². The fourth-order valence-electron chi connectivity index (χ4n) is 2.47. The van der Waals surface area contributed by atoms with Gasteiger partial charge in [0.1, 0.15) is 6.20 Å². The van der Waals surface area contributed by atoms with Crippen molar-refractivity contribution < 1.29 is 4.92 Å². The number of piperidine rings is 1. The van der Waals surface area contributed by atoms with Crippen LogP contribution in [-0.2, 0) is 7.05 Å². The molecule has 1 aromatic heterocycles. The SMILES string of the molecule is CC1CCN(c2nn(C)cc2[N+](=O)[O-])CC1CN. The highest BCUT2D eigenvalue weighted by Gasteiger charge is 2.31. The van der Waals surface area contributed by atoms with Crippen LogP contribution in [0.5, 0.6) is 0 Å². The molecule has 0 spiro atoms. The quantitative estimate of drug-likeness (QED) is 0.634. The number of aryl methyl sites for hydroxylation is 1. The first kappa shape index (κ1) is 12.8. The van der Waals surface area contributed by atoms with E-state index in [4.69, 9.17) is 5.73 Å². The average molecular weight is 253 g/mol. The number of nitro groups is 1. The van der Waals surface area contributed by atoms with E-state index in [2.05, 4.69) is 12.0 Å². The molecular formula is C11H19N5O2. The van der Waals surface area contributed by atoms with Crippen LogP contribution in [0.15, 0.2) is 6.20 Å². The van der Waals surface area contributed by atoms with Crippen molar-refractivity contribution >= 4 is 11.5 Å². The molecular weight excluding hydrogens is 234 g/mol. The van der Waals surface area contributed by atoms with E-state index in [0.29, 0.717) is 24.2 Å². The Balaban J connectivity index is 2.24. The predicted molar refractivity (Wildman–Crippen MR) is 68.4 cm³/mol. The third-order valence-corrected chi connectivity index (χ3v) is 3.70. The van der Waals surface area contributed by atoms with Gasteiger partial charge in [0.25, 0.3) is 0 Å². The van der Waals surface area contributed by atoms with E-state index in [1.54, 1.807) is 7.05 Å². The zero-order valence-electron chi connectivity index (χ0n) is 10.7. The van der Waals surface area contributed by atoms with Gasteiger partial charge in [0.15, 0.2) is 0 Å². The molecule has 2 rings (SSSR count). The lowest BCUT2D eigenvalue weighted by Crippen LogP contribution is -2.43. The van der Waals surface area contributed by atoms with E-state index >= 15 is 0 Å². The highest BCUT2D eigenvalue weighted by molar-refractivity contribution is 5.57. The third-order valence-electron chi connectivity index (χ3n) is 3.70. The summed E-state index contributed by atoms with van der Waals surface area (Å²) in [4.78, 5) is 12.6. The summed E-state index contributed by atoms with van der Waals surface area (Å²) in [5.41, 5.74) is 5.82. The van der Waals surface area contributed by atoms with Crippen molar-refractivity contribution in [3.63, 3.8) is 0 Å².